The largest absolute Gasteiger partial charge is 0.479 e. The van der Waals surface area contributed by atoms with Crippen LogP contribution in [0.4, 0.5) is 0 Å². The zero-order valence-electron chi connectivity index (χ0n) is 6.58. The van der Waals surface area contributed by atoms with E-state index in [4.69, 9.17) is 4.74 Å². The second-order valence-corrected chi connectivity index (χ2v) is 2.94. The van der Waals surface area contributed by atoms with Gasteiger partial charge >= 0.3 is 0 Å². The van der Waals surface area contributed by atoms with Crippen molar-refractivity contribution in [3.8, 4) is 17.5 Å². The molecule has 0 aromatic carbocycles. The molecule has 2 rings (SSSR count). The third-order valence-corrected chi connectivity index (χ3v) is 1.92. The van der Waals surface area contributed by atoms with Gasteiger partial charge in [0, 0.05) is 0 Å². The lowest BCUT2D eigenvalue weighted by Crippen LogP contribution is -1.84. The quantitative estimate of drug-likeness (QED) is 0.796. The second kappa shape index (κ2) is 3.13. The molecule has 0 aliphatic rings. The molecule has 0 saturated heterocycles. The number of nitrogens with one attached hydrogen (secondary N) is 2. The number of aromatic nitrogens is 6. The maximum atomic E-state index is 4.95. The number of halogens is 1. The summed E-state index contributed by atoms with van der Waals surface area (Å²) >= 11 is 3.23. The highest BCUT2D eigenvalue weighted by molar-refractivity contribution is 9.10. The van der Waals surface area contributed by atoms with Gasteiger partial charge in [0.1, 0.15) is 4.60 Å². The molecule has 0 atom stereocenters. The van der Waals surface area contributed by atoms with E-state index in [0.717, 1.165) is 0 Å². The Kier molecular flexibility index (Phi) is 1.97. The van der Waals surface area contributed by atoms with Crippen molar-refractivity contribution < 1.29 is 4.74 Å². The maximum Gasteiger partial charge on any atom is 0.247 e. The smallest absolute Gasteiger partial charge is 0.247 e. The monoisotopic (exact) mass is 244 g/mol. The number of rotatable bonds is 2. The van der Waals surface area contributed by atoms with E-state index in [9.17, 15) is 0 Å². The van der Waals surface area contributed by atoms with E-state index in [1.165, 1.54) is 7.11 Å². The Bertz CT molecular complexity index is 395. The lowest BCUT2D eigenvalue weighted by Gasteiger charge is -1.89. The number of hydrogen-bond acceptors (Lipinski definition) is 5. The molecule has 0 aliphatic heterocycles. The van der Waals surface area contributed by atoms with Gasteiger partial charge in [0.15, 0.2) is 5.82 Å². The van der Waals surface area contributed by atoms with Crippen LogP contribution in [0.3, 0.4) is 0 Å². The molecule has 2 aromatic rings. The minimum absolute atomic E-state index is 0.393. The third kappa shape index (κ3) is 1.39. The molecule has 13 heavy (non-hydrogen) atoms. The van der Waals surface area contributed by atoms with Gasteiger partial charge in [-0.1, -0.05) is 0 Å². The summed E-state index contributed by atoms with van der Waals surface area (Å²) in [6.07, 6.45) is 0. The molecular weight excluding hydrogens is 240 g/mol. The van der Waals surface area contributed by atoms with E-state index < -0.39 is 0 Å². The minimum Gasteiger partial charge on any atom is -0.479 e. The summed E-state index contributed by atoms with van der Waals surface area (Å²) in [7, 11) is 1.53. The number of methoxy groups -OCH3 is 1. The van der Waals surface area contributed by atoms with E-state index >= 15 is 0 Å². The van der Waals surface area contributed by atoms with Gasteiger partial charge in [0.05, 0.1) is 7.11 Å². The molecule has 0 aliphatic carbocycles. The number of tetrazole rings is 1. The van der Waals surface area contributed by atoms with Crippen LogP contribution in [0.5, 0.6) is 5.88 Å². The van der Waals surface area contributed by atoms with Crippen molar-refractivity contribution in [1.82, 2.24) is 30.6 Å². The summed E-state index contributed by atoms with van der Waals surface area (Å²) in [5.41, 5.74) is 0. The van der Waals surface area contributed by atoms with E-state index in [1.54, 1.807) is 0 Å². The zero-order chi connectivity index (χ0) is 9.26. The number of nitrogens with zero attached hydrogens (tertiary/aromatic N) is 4. The number of aromatic amines is 2. The van der Waals surface area contributed by atoms with Gasteiger partial charge in [0.2, 0.25) is 11.7 Å². The molecule has 0 spiro atoms. The topological polar surface area (TPSA) is 92.4 Å². The van der Waals surface area contributed by atoms with Crippen molar-refractivity contribution in [1.29, 1.82) is 0 Å². The Balaban J connectivity index is 2.43. The Morgan fingerprint density at radius 2 is 2.31 bits per heavy atom. The Hall–Kier alpha value is -1.44. The lowest BCUT2D eigenvalue weighted by atomic mass is 10.6. The average molecular weight is 245 g/mol. The number of imidazole rings is 1. The molecular formula is C5H5BrN6O. The van der Waals surface area contributed by atoms with Crippen molar-refractivity contribution in [3.63, 3.8) is 0 Å². The highest BCUT2D eigenvalue weighted by Crippen LogP contribution is 2.24. The fourth-order valence-corrected chi connectivity index (χ4v) is 1.28. The van der Waals surface area contributed by atoms with Crippen LogP contribution < -0.4 is 4.74 Å². The molecule has 2 aromatic heterocycles. The van der Waals surface area contributed by atoms with Gasteiger partial charge in [-0.2, -0.15) is 10.2 Å². The number of hydrogen-bond donors (Lipinski definition) is 2. The van der Waals surface area contributed by atoms with Crippen molar-refractivity contribution >= 4 is 15.9 Å². The lowest BCUT2D eigenvalue weighted by molar-refractivity contribution is 0.397. The van der Waals surface area contributed by atoms with Gasteiger partial charge in [-0.3, -0.25) is 0 Å². The fraction of sp³-hybridized carbons (Fsp3) is 0.200. The van der Waals surface area contributed by atoms with Gasteiger partial charge in [0.25, 0.3) is 0 Å². The molecule has 0 unspecified atom stereocenters. The van der Waals surface area contributed by atoms with Gasteiger partial charge in [-0.25, -0.2) is 0 Å². The predicted molar refractivity (Wildman–Crippen MR) is 46.0 cm³/mol. The zero-order valence-corrected chi connectivity index (χ0v) is 8.16. The van der Waals surface area contributed by atoms with Crippen LogP contribution in [0.1, 0.15) is 0 Å². The minimum atomic E-state index is 0.393. The number of H-pyrrole nitrogens is 2. The summed E-state index contributed by atoms with van der Waals surface area (Å²) in [4.78, 5) is 6.95. The molecule has 0 radical (unpaired) electrons. The van der Waals surface area contributed by atoms with Crippen LogP contribution in [0, 0.1) is 0 Å². The van der Waals surface area contributed by atoms with E-state index in [1.807, 2.05) is 0 Å². The molecule has 0 amide bonds. The Morgan fingerprint density at radius 1 is 1.46 bits per heavy atom. The molecule has 0 saturated carbocycles. The average Bonchev–Trinajstić information content (AvgIpc) is 2.71. The van der Waals surface area contributed by atoms with Crippen LogP contribution in [0.15, 0.2) is 4.60 Å². The SMILES string of the molecule is COc1nc(-c2nn[nH]n2)[nH]c1Br. The highest BCUT2D eigenvalue weighted by Gasteiger charge is 2.12. The van der Waals surface area contributed by atoms with Crippen LogP contribution in [0.2, 0.25) is 0 Å². The summed E-state index contributed by atoms with van der Waals surface area (Å²) in [5, 5.41) is 13.3. The predicted octanol–water partition coefficient (Wildman–Crippen LogP) is 0.361. The standard InChI is InChI=1S/C5H5BrN6O/c1-13-5-2(6)7-3(8-5)4-9-11-12-10-4/h1H3,(H,7,8)(H,9,10,11,12). The van der Waals surface area contributed by atoms with E-state index in [0.29, 0.717) is 22.1 Å². The molecule has 68 valence electrons. The number of ether oxygens (including phenoxy) is 1. The molecule has 8 heteroatoms. The van der Waals surface area contributed by atoms with Crippen molar-refractivity contribution in [3.05, 3.63) is 4.60 Å². The van der Waals surface area contributed by atoms with Crippen LogP contribution >= 0.6 is 15.9 Å². The van der Waals surface area contributed by atoms with Gasteiger partial charge < -0.3 is 9.72 Å². The van der Waals surface area contributed by atoms with Crippen molar-refractivity contribution in [2.45, 2.75) is 0 Å². The normalized spacial score (nSPS) is 10.3. The molecule has 2 heterocycles. The van der Waals surface area contributed by atoms with Crippen LogP contribution in [-0.4, -0.2) is 37.7 Å². The van der Waals surface area contributed by atoms with Crippen molar-refractivity contribution in [2.75, 3.05) is 7.11 Å². The first-order chi connectivity index (χ1) is 6.31. The third-order valence-electron chi connectivity index (χ3n) is 1.38. The van der Waals surface area contributed by atoms with Crippen LogP contribution in [-0.2, 0) is 0 Å². The second-order valence-electron chi connectivity index (χ2n) is 2.14. The van der Waals surface area contributed by atoms with E-state index in [2.05, 4.69) is 46.5 Å². The summed E-state index contributed by atoms with van der Waals surface area (Å²) < 4.78 is 5.60. The van der Waals surface area contributed by atoms with E-state index in [-0.39, 0.29) is 0 Å². The molecule has 2 N–H and O–H groups in total. The summed E-state index contributed by atoms with van der Waals surface area (Å²) in [6, 6.07) is 0. The fourth-order valence-electron chi connectivity index (χ4n) is 0.839. The highest BCUT2D eigenvalue weighted by atomic mass is 79.9. The van der Waals surface area contributed by atoms with Gasteiger partial charge in [-0.05, 0) is 21.1 Å². The summed E-state index contributed by atoms with van der Waals surface area (Å²) in [6.45, 7) is 0. The first kappa shape index (κ1) is 8.17. The first-order valence-electron chi connectivity index (χ1n) is 3.34. The Labute approximate surface area is 81.0 Å². The first-order valence-corrected chi connectivity index (χ1v) is 4.14. The van der Waals surface area contributed by atoms with Crippen molar-refractivity contribution in [2.24, 2.45) is 0 Å². The van der Waals surface area contributed by atoms with Gasteiger partial charge in [-0.15, -0.1) is 10.2 Å². The molecule has 0 bridgehead atoms. The Morgan fingerprint density at radius 3 is 2.85 bits per heavy atom. The molecule has 0 fully saturated rings. The van der Waals surface area contributed by atoms with Crippen LogP contribution in [0.25, 0.3) is 11.6 Å². The maximum absolute atomic E-state index is 4.95. The molecule has 7 nitrogen and oxygen atoms in total. The summed E-state index contributed by atoms with van der Waals surface area (Å²) in [5.74, 6) is 1.35.